The molecule has 0 aliphatic rings. The first kappa shape index (κ1) is 14.6. The van der Waals surface area contributed by atoms with Gasteiger partial charge >= 0.3 is 6.61 Å². The van der Waals surface area contributed by atoms with Crippen molar-refractivity contribution in [1.29, 1.82) is 0 Å². The minimum atomic E-state index is -2.85. The van der Waals surface area contributed by atoms with Gasteiger partial charge in [-0.25, -0.2) is 0 Å². The summed E-state index contributed by atoms with van der Waals surface area (Å²) < 4.78 is 29.2. The van der Waals surface area contributed by atoms with Crippen LogP contribution in [-0.4, -0.2) is 6.61 Å². The average molecular weight is 298 g/mol. The molecule has 0 fully saturated rings. The average Bonchev–Trinajstić information content (AvgIpc) is 2.39. The van der Waals surface area contributed by atoms with Crippen LogP contribution in [0.5, 0.6) is 5.75 Å². The van der Waals surface area contributed by atoms with Crippen LogP contribution in [0.25, 0.3) is 0 Å². The number of aryl methyl sites for hydroxylation is 1. The first-order valence-corrected chi connectivity index (χ1v) is 6.46. The molecule has 0 saturated heterocycles. The number of alkyl halides is 2. The van der Waals surface area contributed by atoms with Crippen molar-refractivity contribution >= 4 is 17.3 Å². The lowest BCUT2D eigenvalue weighted by Gasteiger charge is -2.13. The maximum atomic E-state index is 12.3. The number of hydrogen-bond donors (Lipinski definition) is 1. The second kappa shape index (κ2) is 6.57. The highest BCUT2D eigenvalue weighted by atomic mass is 35.5. The highest BCUT2D eigenvalue weighted by Crippen LogP contribution is 2.25. The second-order valence-corrected chi connectivity index (χ2v) is 4.79. The molecule has 0 saturated carbocycles. The first-order chi connectivity index (χ1) is 9.54. The van der Waals surface area contributed by atoms with Gasteiger partial charge in [0.05, 0.1) is 0 Å². The third-order valence-electron chi connectivity index (χ3n) is 2.74. The minimum absolute atomic E-state index is 0.129. The molecule has 0 aromatic heterocycles. The summed E-state index contributed by atoms with van der Waals surface area (Å²) >= 11 is 5.89. The zero-order chi connectivity index (χ0) is 14.5. The van der Waals surface area contributed by atoms with Crippen LogP contribution in [0.2, 0.25) is 5.02 Å². The molecule has 0 amide bonds. The van der Waals surface area contributed by atoms with Crippen molar-refractivity contribution in [2.75, 3.05) is 5.32 Å². The van der Waals surface area contributed by atoms with Crippen molar-refractivity contribution in [2.45, 2.75) is 20.1 Å². The Kier molecular flexibility index (Phi) is 4.79. The summed E-state index contributed by atoms with van der Waals surface area (Å²) in [5.41, 5.74) is 2.61. The zero-order valence-electron chi connectivity index (χ0n) is 10.9. The molecule has 2 nitrogen and oxygen atoms in total. The summed E-state index contributed by atoms with van der Waals surface area (Å²) in [6, 6.07) is 12.4. The first-order valence-electron chi connectivity index (χ1n) is 6.08. The molecular weight excluding hydrogens is 284 g/mol. The van der Waals surface area contributed by atoms with Crippen molar-refractivity contribution in [1.82, 2.24) is 0 Å². The Balaban J connectivity index is 2.13. The van der Waals surface area contributed by atoms with Crippen LogP contribution in [0, 0.1) is 6.92 Å². The number of benzene rings is 2. The van der Waals surface area contributed by atoms with E-state index in [-0.39, 0.29) is 5.75 Å². The summed E-state index contributed by atoms with van der Waals surface area (Å²) in [6.45, 7) is -0.518. The molecule has 5 heteroatoms. The topological polar surface area (TPSA) is 21.3 Å². The van der Waals surface area contributed by atoms with E-state index in [1.54, 1.807) is 6.07 Å². The van der Waals surface area contributed by atoms with E-state index in [0.29, 0.717) is 17.1 Å². The second-order valence-electron chi connectivity index (χ2n) is 4.35. The molecular formula is C15H14ClF2NO. The molecule has 1 N–H and O–H groups in total. The number of anilines is 1. The Morgan fingerprint density at radius 2 is 2.00 bits per heavy atom. The quantitative estimate of drug-likeness (QED) is 0.851. The minimum Gasteiger partial charge on any atom is -0.434 e. The highest BCUT2D eigenvalue weighted by Gasteiger charge is 2.10. The van der Waals surface area contributed by atoms with Gasteiger partial charge in [-0.2, -0.15) is 8.78 Å². The van der Waals surface area contributed by atoms with Crippen LogP contribution in [0.15, 0.2) is 42.5 Å². The molecule has 0 atom stereocenters. The molecule has 0 spiro atoms. The number of ether oxygens (including phenoxy) is 1. The van der Waals surface area contributed by atoms with E-state index in [9.17, 15) is 8.78 Å². The van der Waals surface area contributed by atoms with Crippen LogP contribution in [-0.2, 0) is 6.54 Å². The van der Waals surface area contributed by atoms with Gasteiger partial charge in [-0.15, -0.1) is 0 Å². The normalized spacial score (nSPS) is 10.7. The van der Waals surface area contributed by atoms with Crippen molar-refractivity contribution in [2.24, 2.45) is 0 Å². The standard InChI is InChI=1S/C15H14ClF2NO/c1-10-3-2-4-13(7-10)19-9-11-8-12(16)5-6-14(11)20-15(17)18/h2-8,15,19H,9H2,1H3. The Morgan fingerprint density at radius 1 is 1.20 bits per heavy atom. The van der Waals surface area contributed by atoms with E-state index < -0.39 is 6.61 Å². The van der Waals surface area contributed by atoms with Crippen molar-refractivity contribution in [3.8, 4) is 5.75 Å². The smallest absolute Gasteiger partial charge is 0.387 e. The van der Waals surface area contributed by atoms with E-state index in [4.69, 9.17) is 11.6 Å². The summed E-state index contributed by atoms with van der Waals surface area (Å²) in [4.78, 5) is 0. The molecule has 2 rings (SSSR count). The van der Waals surface area contributed by atoms with Gasteiger partial charge in [-0.05, 0) is 42.8 Å². The van der Waals surface area contributed by atoms with Gasteiger partial charge in [0.1, 0.15) is 5.75 Å². The largest absolute Gasteiger partial charge is 0.434 e. The maximum absolute atomic E-state index is 12.3. The van der Waals surface area contributed by atoms with E-state index in [2.05, 4.69) is 10.1 Å². The maximum Gasteiger partial charge on any atom is 0.387 e. The predicted molar refractivity (Wildman–Crippen MR) is 76.6 cm³/mol. The van der Waals surface area contributed by atoms with Gasteiger partial charge in [-0.1, -0.05) is 23.7 Å². The molecule has 106 valence electrons. The predicted octanol–water partition coefficient (Wildman–Crippen LogP) is 4.86. The third kappa shape index (κ3) is 4.10. The Hall–Kier alpha value is -1.81. The van der Waals surface area contributed by atoms with E-state index in [1.807, 2.05) is 31.2 Å². The van der Waals surface area contributed by atoms with E-state index in [0.717, 1.165) is 11.3 Å². The monoisotopic (exact) mass is 297 g/mol. The third-order valence-corrected chi connectivity index (χ3v) is 2.97. The lowest BCUT2D eigenvalue weighted by Crippen LogP contribution is -2.07. The summed E-state index contributed by atoms with van der Waals surface area (Å²) in [5, 5.41) is 3.64. The Bertz CT molecular complexity index is 590. The molecule has 0 unspecified atom stereocenters. The van der Waals surface area contributed by atoms with Crippen LogP contribution in [0.4, 0.5) is 14.5 Å². The van der Waals surface area contributed by atoms with Crippen LogP contribution >= 0.6 is 11.6 Å². The number of nitrogens with one attached hydrogen (secondary N) is 1. The number of halogens is 3. The van der Waals surface area contributed by atoms with Crippen LogP contribution in [0.3, 0.4) is 0 Å². The van der Waals surface area contributed by atoms with Gasteiger partial charge in [0.15, 0.2) is 0 Å². The molecule has 0 heterocycles. The van der Waals surface area contributed by atoms with Crippen LogP contribution in [0.1, 0.15) is 11.1 Å². The van der Waals surface area contributed by atoms with Gasteiger partial charge < -0.3 is 10.1 Å². The van der Waals surface area contributed by atoms with E-state index in [1.165, 1.54) is 12.1 Å². The van der Waals surface area contributed by atoms with Gasteiger partial charge in [0.25, 0.3) is 0 Å². The fourth-order valence-electron chi connectivity index (χ4n) is 1.85. The van der Waals surface area contributed by atoms with Gasteiger partial charge in [0, 0.05) is 22.8 Å². The zero-order valence-corrected chi connectivity index (χ0v) is 11.6. The Morgan fingerprint density at radius 3 is 2.70 bits per heavy atom. The molecule has 20 heavy (non-hydrogen) atoms. The van der Waals surface area contributed by atoms with Crippen LogP contribution < -0.4 is 10.1 Å². The molecule has 0 bridgehead atoms. The number of hydrogen-bond acceptors (Lipinski definition) is 2. The van der Waals surface area contributed by atoms with E-state index >= 15 is 0 Å². The fourth-order valence-corrected chi connectivity index (χ4v) is 2.04. The molecule has 2 aromatic rings. The lowest BCUT2D eigenvalue weighted by atomic mass is 10.2. The van der Waals surface area contributed by atoms with Gasteiger partial charge in [-0.3, -0.25) is 0 Å². The summed E-state index contributed by atoms with van der Waals surface area (Å²) in [5.74, 6) is 0.129. The SMILES string of the molecule is Cc1cccc(NCc2cc(Cl)ccc2OC(F)F)c1. The summed E-state index contributed by atoms with van der Waals surface area (Å²) in [6.07, 6.45) is 0. The molecule has 2 aromatic carbocycles. The molecule has 0 aliphatic carbocycles. The van der Waals surface area contributed by atoms with Crippen molar-refractivity contribution < 1.29 is 13.5 Å². The highest BCUT2D eigenvalue weighted by molar-refractivity contribution is 6.30. The fraction of sp³-hybridized carbons (Fsp3) is 0.200. The molecule has 0 aliphatic heterocycles. The van der Waals surface area contributed by atoms with Crippen molar-refractivity contribution in [3.63, 3.8) is 0 Å². The lowest BCUT2D eigenvalue weighted by molar-refractivity contribution is -0.0504. The molecule has 0 radical (unpaired) electrons. The van der Waals surface area contributed by atoms with Crippen molar-refractivity contribution in [3.05, 3.63) is 58.6 Å². The summed E-state index contributed by atoms with van der Waals surface area (Å²) in [7, 11) is 0. The Labute approximate surface area is 121 Å². The number of rotatable bonds is 5. The van der Waals surface area contributed by atoms with Gasteiger partial charge in [0.2, 0.25) is 0 Å².